The molecule has 2 aromatic rings. The Morgan fingerprint density at radius 3 is 3.18 bits per heavy atom. The van der Waals surface area contributed by atoms with Crippen LogP contribution in [0.4, 0.5) is 0 Å². The smallest absolute Gasteiger partial charge is 0.144 e. The number of rotatable bonds is 1. The van der Waals surface area contributed by atoms with Crippen molar-refractivity contribution in [2.75, 3.05) is 6.61 Å². The molecule has 88 valence electrons. The van der Waals surface area contributed by atoms with Gasteiger partial charge in [0.1, 0.15) is 18.2 Å². The van der Waals surface area contributed by atoms with Gasteiger partial charge < -0.3 is 9.30 Å². The number of nitrogens with zero attached hydrogens (tertiary/aromatic N) is 2. The van der Waals surface area contributed by atoms with Crippen molar-refractivity contribution in [1.82, 2.24) is 9.55 Å². The lowest BCUT2D eigenvalue weighted by Crippen LogP contribution is -2.04. The Labute approximate surface area is 109 Å². The molecular formula is C13H13BrN2O. The van der Waals surface area contributed by atoms with Crippen LogP contribution in [0, 0.1) is 0 Å². The zero-order chi connectivity index (χ0) is 11.8. The molecule has 0 atom stereocenters. The number of aromatic nitrogens is 2. The fourth-order valence-corrected chi connectivity index (χ4v) is 2.44. The zero-order valence-electron chi connectivity index (χ0n) is 9.61. The molecule has 0 N–H and O–H groups in total. The van der Waals surface area contributed by atoms with E-state index in [1.807, 2.05) is 12.1 Å². The normalized spacial score (nSPS) is 13.5. The van der Waals surface area contributed by atoms with E-state index in [1.54, 1.807) is 0 Å². The van der Waals surface area contributed by atoms with Gasteiger partial charge in [0.15, 0.2) is 0 Å². The van der Waals surface area contributed by atoms with Crippen molar-refractivity contribution in [3.05, 3.63) is 34.6 Å². The molecule has 0 amide bonds. The summed E-state index contributed by atoms with van der Waals surface area (Å²) in [7, 11) is 0. The van der Waals surface area contributed by atoms with Crippen molar-refractivity contribution in [2.24, 2.45) is 0 Å². The Morgan fingerprint density at radius 2 is 2.35 bits per heavy atom. The Morgan fingerprint density at radius 1 is 1.47 bits per heavy atom. The molecule has 0 radical (unpaired) electrons. The highest BCUT2D eigenvalue weighted by molar-refractivity contribution is 9.10. The van der Waals surface area contributed by atoms with Gasteiger partial charge in [0, 0.05) is 10.7 Å². The number of hydrogen-bond donors (Lipinski definition) is 0. The fraction of sp³-hybridized carbons (Fsp3) is 0.308. The average Bonchev–Trinajstić information content (AvgIpc) is 2.67. The molecule has 0 spiro atoms. The van der Waals surface area contributed by atoms with Crippen LogP contribution in [0.1, 0.15) is 12.6 Å². The van der Waals surface area contributed by atoms with Crippen LogP contribution in [-0.2, 0) is 13.0 Å². The number of halogens is 1. The van der Waals surface area contributed by atoms with Crippen LogP contribution in [-0.4, -0.2) is 16.2 Å². The number of aryl methyl sites for hydroxylation is 1. The minimum absolute atomic E-state index is 0.696. The van der Waals surface area contributed by atoms with E-state index < -0.39 is 0 Å². The lowest BCUT2D eigenvalue weighted by Gasteiger charge is -2.06. The molecular weight excluding hydrogens is 280 g/mol. The Kier molecular flexibility index (Phi) is 2.67. The van der Waals surface area contributed by atoms with Gasteiger partial charge in [-0.2, -0.15) is 0 Å². The van der Waals surface area contributed by atoms with Gasteiger partial charge in [0.2, 0.25) is 0 Å². The van der Waals surface area contributed by atoms with Crippen LogP contribution in [0.3, 0.4) is 0 Å². The Hall–Kier alpha value is -1.29. The maximum atomic E-state index is 5.74. The molecule has 0 saturated heterocycles. The first-order valence-electron chi connectivity index (χ1n) is 5.76. The van der Waals surface area contributed by atoms with Gasteiger partial charge in [-0.05, 0) is 24.6 Å². The molecule has 4 heteroatoms. The van der Waals surface area contributed by atoms with Gasteiger partial charge in [0.25, 0.3) is 0 Å². The summed E-state index contributed by atoms with van der Waals surface area (Å²) in [6, 6.07) is 6.06. The molecule has 3 nitrogen and oxygen atoms in total. The largest absolute Gasteiger partial charge is 0.491 e. The van der Waals surface area contributed by atoms with E-state index >= 15 is 0 Å². The van der Waals surface area contributed by atoms with Crippen molar-refractivity contribution in [3.63, 3.8) is 0 Å². The molecule has 2 heterocycles. The van der Waals surface area contributed by atoms with Gasteiger partial charge in [0.05, 0.1) is 17.8 Å². The number of benzene rings is 1. The molecule has 0 bridgehead atoms. The van der Waals surface area contributed by atoms with Crippen LogP contribution in [0.25, 0.3) is 11.4 Å². The first-order valence-corrected chi connectivity index (χ1v) is 6.56. The SMILES string of the molecule is CCc1cn2c(n1)-c1cc(Br)ccc1OCC2. The van der Waals surface area contributed by atoms with E-state index in [0.29, 0.717) is 6.61 Å². The van der Waals surface area contributed by atoms with Crippen molar-refractivity contribution >= 4 is 15.9 Å². The fourth-order valence-electron chi connectivity index (χ4n) is 2.08. The lowest BCUT2D eigenvalue weighted by molar-refractivity contribution is 0.306. The predicted octanol–water partition coefficient (Wildman–Crippen LogP) is 3.27. The quantitative estimate of drug-likeness (QED) is 0.807. The molecule has 0 fully saturated rings. The van der Waals surface area contributed by atoms with Crippen LogP contribution in [0.5, 0.6) is 5.75 Å². The predicted molar refractivity (Wildman–Crippen MR) is 70.2 cm³/mol. The lowest BCUT2D eigenvalue weighted by atomic mass is 10.2. The topological polar surface area (TPSA) is 27.1 Å². The summed E-state index contributed by atoms with van der Waals surface area (Å²) in [6.45, 7) is 3.68. The third-order valence-electron chi connectivity index (χ3n) is 2.96. The highest BCUT2D eigenvalue weighted by Gasteiger charge is 2.17. The summed E-state index contributed by atoms with van der Waals surface area (Å²) in [6.07, 6.45) is 3.08. The van der Waals surface area contributed by atoms with Gasteiger partial charge in [-0.1, -0.05) is 22.9 Å². The van der Waals surface area contributed by atoms with Gasteiger partial charge in [-0.25, -0.2) is 4.98 Å². The van der Waals surface area contributed by atoms with Crippen LogP contribution in [0.2, 0.25) is 0 Å². The second-order valence-corrected chi connectivity index (χ2v) is 5.01. The van der Waals surface area contributed by atoms with Crippen LogP contribution in [0.15, 0.2) is 28.9 Å². The van der Waals surface area contributed by atoms with E-state index in [0.717, 1.165) is 40.3 Å². The summed E-state index contributed by atoms with van der Waals surface area (Å²) >= 11 is 3.50. The van der Waals surface area contributed by atoms with Crippen molar-refractivity contribution in [1.29, 1.82) is 0 Å². The number of ether oxygens (including phenoxy) is 1. The maximum Gasteiger partial charge on any atom is 0.144 e. The number of hydrogen-bond acceptors (Lipinski definition) is 2. The maximum absolute atomic E-state index is 5.74. The molecule has 0 saturated carbocycles. The summed E-state index contributed by atoms with van der Waals surface area (Å²) in [5, 5.41) is 0. The van der Waals surface area contributed by atoms with E-state index in [1.165, 1.54) is 0 Å². The third-order valence-corrected chi connectivity index (χ3v) is 3.45. The second kappa shape index (κ2) is 4.18. The minimum Gasteiger partial charge on any atom is -0.491 e. The highest BCUT2D eigenvalue weighted by atomic mass is 79.9. The molecule has 0 aliphatic carbocycles. The monoisotopic (exact) mass is 292 g/mol. The zero-order valence-corrected chi connectivity index (χ0v) is 11.2. The molecule has 1 aliphatic rings. The van der Waals surface area contributed by atoms with Crippen LogP contribution < -0.4 is 4.74 Å². The van der Waals surface area contributed by atoms with Gasteiger partial charge in [-0.3, -0.25) is 0 Å². The minimum atomic E-state index is 0.696. The van der Waals surface area contributed by atoms with Gasteiger partial charge >= 0.3 is 0 Å². The first kappa shape index (κ1) is 10.8. The van der Waals surface area contributed by atoms with E-state index in [-0.39, 0.29) is 0 Å². The highest BCUT2D eigenvalue weighted by Crippen LogP contribution is 2.34. The Balaban J connectivity index is 2.21. The molecule has 1 aliphatic heterocycles. The van der Waals surface area contributed by atoms with E-state index in [2.05, 4.69) is 44.7 Å². The molecule has 17 heavy (non-hydrogen) atoms. The summed E-state index contributed by atoms with van der Waals surface area (Å²) in [5.74, 6) is 1.93. The van der Waals surface area contributed by atoms with Crippen molar-refractivity contribution < 1.29 is 4.74 Å². The molecule has 1 aromatic carbocycles. The molecule has 3 rings (SSSR count). The second-order valence-electron chi connectivity index (χ2n) is 4.09. The summed E-state index contributed by atoms with van der Waals surface area (Å²) in [4.78, 5) is 4.67. The standard InChI is InChI=1S/C13H13BrN2O/c1-2-10-8-16-5-6-17-12-4-3-9(14)7-11(12)13(16)15-10/h3-4,7-8H,2,5-6H2,1H3. The molecule has 1 aromatic heterocycles. The molecule has 0 unspecified atom stereocenters. The summed E-state index contributed by atoms with van der Waals surface area (Å²) in [5.41, 5.74) is 2.20. The van der Waals surface area contributed by atoms with E-state index in [4.69, 9.17) is 4.74 Å². The Bertz CT molecular complexity index is 563. The first-order chi connectivity index (χ1) is 8.28. The number of fused-ring (bicyclic) bond motifs is 3. The van der Waals surface area contributed by atoms with Crippen molar-refractivity contribution in [3.8, 4) is 17.1 Å². The number of imidazole rings is 1. The van der Waals surface area contributed by atoms with Crippen LogP contribution >= 0.6 is 15.9 Å². The average molecular weight is 293 g/mol. The summed E-state index contributed by atoms with van der Waals surface area (Å²) < 4.78 is 8.96. The van der Waals surface area contributed by atoms with E-state index in [9.17, 15) is 0 Å². The van der Waals surface area contributed by atoms with Crippen molar-refractivity contribution in [2.45, 2.75) is 19.9 Å². The van der Waals surface area contributed by atoms with Gasteiger partial charge in [-0.15, -0.1) is 0 Å². The third kappa shape index (κ3) is 1.86.